The summed E-state index contributed by atoms with van der Waals surface area (Å²) in [6.45, 7) is 1.91. The van der Waals surface area contributed by atoms with Gasteiger partial charge in [0.05, 0.1) is 20.1 Å². The Morgan fingerprint density at radius 3 is 2.67 bits per heavy atom. The van der Waals surface area contributed by atoms with Gasteiger partial charge in [-0.2, -0.15) is 0 Å². The fourth-order valence-corrected chi connectivity index (χ4v) is 6.23. The summed E-state index contributed by atoms with van der Waals surface area (Å²) in [5, 5.41) is 22.6. The number of piperidine rings is 1. The Kier molecular flexibility index (Phi) is 4.16. The predicted octanol–water partition coefficient (Wildman–Crippen LogP) is -1.02. The minimum Gasteiger partial charge on any atom is -1.00 e. The highest BCUT2D eigenvalue weighted by Crippen LogP contribution is 2.63. The maximum Gasteiger partial charge on any atom is 0.220 e. The molecule has 27 heavy (non-hydrogen) atoms. The van der Waals surface area contributed by atoms with Crippen LogP contribution in [0.5, 0.6) is 0 Å². The summed E-state index contributed by atoms with van der Waals surface area (Å²) in [6.07, 6.45) is 9.40. The molecule has 0 aromatic heterocycles. The smallest absolute Gasteiger partial charge is 0.220 e. The molecule has 1 aliphatic heterocycles. The molecule has 5 aliphatic rings. The number of nitrogens with zero attached hydrogens (tertiary/aromatic N) is 1. The van der Waals surface area contributed by atoms with Gasteiger partial charge in [0.15, 0.2) is 5.76 Å². The quantitative estimate of drug-likeness (QED) is 0.544. The number of Topliss-reactive ketones (excluding diaryl/α,β-unsaturated/α-hetero) is 1. The lowest BCUT2D eigenvalue weighted by Crippen LogP contribution is -3.00. The molecule has 2 N–H and O–H groups in total. The maximum absolute atomic E-state index is 12.4. The molecule has 5 nitrogen and oxygen atoms in total. The van der Waals surface area contributed by atoms with E-state index in [4.69, 9.17) is 0 Å². The largest absolute Gasteiger partial charge is 1.00 e. The van der Waals surface area contributed by atoms with Crippen molar-refractivity contribution in [2.24, 2.45) is 11.3 Å². The number of hydrogen-bond donors (Lipinski definition) is 2. The van der Waals surface area contributed by atoms with Crippen LogP contribution in [-0.4, -0.2) is 58.0 Å². The second kappa shape index (κ2) is 5.88. The molecule has 4 atom stereocenters. The van der Waals surface area contributed by atoms with Gasteiger partial charge < -0.3 is 31.7 Å². The Bertz CT molecular complexity index is 826. The van der Waals surface area contributed by atoms with Crippen molar-refractivity contribution in [2.45, 2.75) is 50.2 Å². The molecule has 4 aliphatic carbocycles. The first kappa shape index (κ1) is 19.1. The second-order valence-corrected chi connectivity index (χ2v) is 9.29. The zero-order chi connectivity index (χ0) is 18.3. The van der Waals surface area contributed by atoms with Gasteiger partial charge in [0, 0.05) is 36.2 Å². The molecule has 0 spiro atoms. The molecule has 1 heterocycles. The molecule has 3 fully saturated rings. The van der Waals surface area contributed by atoms with E-state index in [0.717, 1.165) is 29.1 Å². The minimum absolute atomic E-state index is 0. The lowest BCUT2D eigenvalue weighted by atomic mass is 9.48. The van der Waals surface area contributed by atoms with Gasteiger partial charge in [0.2, 0.25) is 5.78 Å². The first-order valence-electron chi connectivity index (χ1n) is 9.76. The van der Waals surface area contributed by atoms with Crippen LogP contribution in [0.3, 0.4) is 0 Å². The van der Waals surface area contributed by atoms with Gasteiger partial charge in [-0.25, -0.2) is 0 Å². The van der Waals surface area contributed by atoms with Crippen molar-refractivity contribution in [1.82, 2.24) is 0 Å². The van der Waals surface area contributed by atoms with E-state index in [1.807, 2.05) is 0 Å². The molecule has 1 saturated heterocycles. The number of fused-ring (bicyclic) bond motifs is 1. The Labute approximate surface area is 169 Å². The van der Waals surface area contributed by atoms with E-state index in [0.29, 0.717) is 24.8 Å². The van der Waals surface area contributed by atoms with Crippen molar-refractivity contribution in [3.05, 3.63) is 35.1 Å². The van der Waals surface area contributed by atoms with Crippen LogP contribution in [0.25, 0.3) is 0 Å². The van der Waals surface area contributed by atoms with Crippen LogP contribution in [0.4, 0.5) is 0 Å². The number of likely N-dealkylation sites (tertiary alicyclic amines) is 1. The van der Waals surface area contributed by atoms with Gasteiger partial charge >= 0.3 is 0 Å². The number of rotatable bonds is 2. The Balaban J connectivity index is 0.00000180. The Morgan fingerprint density at radius 2 is 1.96 bits per heavy atom. The molecule has 0 radical (unpaired) electrons. The molecular weight excluding hydrogens is 410 g/mol. The number of hydrogen-bond acceptors (Lipinski definition) is 4. The van der Waals surface area contributed by atoms with E-state index in [-0.39, 0.29) is 41.0 Å². The predicted molar refractivity (Wildman–Crippen MR) is 95.2 cm³/mol. The zero-order valence-corrected chi connectivity index (χ0v) is 17.2. The molecule has 0 aromatic rings. The second-order valence-electron chi connectivity index (χ2n) is 9.29. The van der Waals surface area contributed by atoms with Gasteiger partial charge in [-0.05, 0) is 37.0 Å². The van der Waals surface area contributed by atoms with Crippen LogP contribution < -0.4 is 17.0 Å². The normalized spacial score (nSPS) is 42.9. The Morgan fingerprint density at radius 1 is 1.22 bits per heavy atom. The van der Waals surface area contributed by atoms with Gasteiger partial charge in [0.25, 0.3) is 0 Å². The average Bonchev–Trinajstić information content (AvgIpc) is 3.39. The molecule has 2 saturated carbocycles. The number of aliphatic hydroxyl groups is 2. The van der Waals surface area contributed by atoms with Crippen molar-refractivity contribution in [1.29, 1.82) is 0 Å². The third-order valence-electron chi connectivity index (χ3n) is 7.68. The van der Waals surface area contributed by atoms with Crippen molar-refractivity contribution in [3.8, 4) is 0 Å². The van der Waals surface area contributed by atoms with Crippen molar-refractivity contribution < 1.29 is 41.3 Å². The van der Waals surface area contributed by atoms with E-state index in [1.54, 1.807) is 6.08 Å². The van der Waals surface area contributed by atoms with Crippen LogP contribution >= 0.6 is 0 Å². The summed E-state index contributed by atoms with van der Waals surface area (Å²) in [5.74, 6) is 0.151. The topological polar surface area (TPSA) is 74.6 Å². The third kappa shape index (κ3) is 2.42. The van der Waals surface area contributed by atoms with Gasteiger partial charge in [-0.3, -0.25) is 9.59 Å². The molecule has 0 unspecified atom stereocenters. The van der Waals surface area contributed by atoms with E-state index in [2.05, 4.69) is 13.1 Å². The lowest BCUT2D eigenvalue weighted by molar-refractivity contribution is -0.944. The number of quaternary nitrogens is 1. The van der Waals surface area contributed by atoms with Crippen molar-refractivity contribution >= 4 is 11.6 Å². The number of ketones is 2. The number of carbonyl (C=O) groups excluding carboxylic acids is 2. The summed E-state index contributed by atoms with van der Waals surface area (Å²) in [6, 6.07) is -0.102. The fourth-order valence-electron chi connectivity index (χ4n) is 6.23. The van der Waals surface area contributed by atoms with E-state index >= 15 is 0 Å². The first-order valence-corrected chi connectivity index (χ1v) is 9.76. The Hall–Kier alpha value is -1.24. The van der Waals surface area contributed by atoms with E-state index < -0.39 is 16.8 Å². The first-order chi connectivity index (χ1) is 12.3. The molecule has 2 bridgehead atoms. The molecular formula is C21H26BrNO4. The average molecular weight is 436 g/mol. The summed E-state index contributed by atoms with van der Waals surface area (Å²) in [7, 11) is 2.23. The molecule has 6 heteroatoms. The minimum atomic E-state index is -1.08. The lowest BCUT2D eigenvalue weighted by Gasteiger charge is -2.64. The third-order valence-corrected chi connectivity index (χ3v) is 7.68. The van der Waals surface area contributed by atoms with Gasteiger partial charge in [0.1, 0.15) is 17.4 Å². The van der Waals surface area contributed by atoms with E-state index in [1.165, 1.54) is 18.9 Å². The number of halogens is 1. The van der Waals surface area contributed by atoms with Gasteiger partial charge in [-0.15, -0.1) is 0 Å². The molecule has 0 aromatic carbocycles. The van der Waals surface area contributed by atoms with Crippen molar-refractivity contribution in [3.63, 3.8) is 0 Å². The summed E-state index contributed by atoms with van der Waals surface area (Å²) >= 11 is 0. The SMILES string of the molecule is C[N@+]1(CC2CC2)CC[C@]23CC(=O)CC[C@@]2(O)[C@H]1C=C1C=CC(=O)C(O)=C13.[Br-]. The van der Waals surface area contributed by atoms with Crippen LogP contribution in [0.1, 0.15) is 38.5 Å². The number of allylic oxidation sites excluding steroid dienone is 3. The summed E-state index contributed by atoms with van der Waals surface area (Å²) in [5.41, 5.74) is -0.565. The molecule has 0 amide bonds. The monoisotopic (exact) mass is 435 g/mol. The number of likely N-dealkylation sites (N-methyl/N-ethyl adjacent to an activating group) is 1. The highest BCUT2D eigenvalue weighted by atomic mass is 79.9. The highest BCUT2D eigenvalue weighted by molar-refractivity contribution is 6.06. The van der Waals surface area contributed by atoms with Crippen LogP contribution in [0.2, 0.25) is 0 Å². The zero-order valence-electron chi connectivity index (χ0n) is 15.6. The highest BCUT2D eigenvalue weighted by Gasteiger charge is 2.70. The van der Waals surface area contributed by atoms with Crippen LogP contribution in [0, 0.1) is 11.3 Å². The summed E-state index contributed by atoms with van der Waals surface area (Å²) < 4.78 is 0.788. The standard InChI is InChI=1S/C21H25NO4.BrH/c1-22(12-13-2-3-13)9-8-20-11-15(23)6-7-21(20,26)17(22)10-14-4-5-16(24)19(25)18(14)20;/h4-5,10,13,17,26H,2-3,6-9,11-12H2,1H3;1H/t17-,20-,21-,22-;/m1./s1. The van der Waals surface area contributed by atoms with Gasteiger partial charge in [-0.1, -0.05) is 6.08 Å². The van der Waals surface area contributed by atoms with Crippen molar-refractivity contribution in [2.75, 3.05) is 20.1 Å². The number of aliphatic hydroxyl groups excluding tert-OH is 1. The van der Waals surface area contributed by atoms with Crippen LogP contribution in [-0.2, 0) is 9.59 Å². The maximum atomic E-state index is 12.4. The number of carbonyl (C=O) groups is 2. The molecule has 5 rings (SSSR count). The fraction of sp³-hybridized carbons (Fsp3) is 0.619. The summed E-state index contributed by atoms with van der Waals surface area (Å²) in [4.78, 5) is 24.6. The van der Waals surface area contributed by atoms with E-state index in [9.17, 15) is 19.8 Å². The van der Waals surface area contributed by atoms with Crippen LogP contribution in [0.15, 0.2) is 35.1 Å². The molecule has 146 valence electrons.